The van der Waals surface area contributed by atoms with Crippen LogP contribution in [0.3, 0.4) is 0 Å². The van der Waals surface area contributed by atoms with Gasteiger partial charge in [0.1, 0.15) is 0 Å². The minimum atomic E-state index is 0.315. The Bertz CT molecular complexity index is 293. The Balaban J connectivity index is 1.42. The summed E-state index contributed by atoms with van der Waals surface area (Å²) in [7, 11) is 0. The summed E-state index contributed by atoms with van der Waals surface area (Å²) in [4.78, 5) is 16.5. The van der Waals surface area contributed by atoms with Crippen molar-refractivity contribution < 1.29 is 9.53 Å². The van der Waals surface area contributed by atoms with Crippen molar-refractivity contribution in [2.75, 3.05) is 45.8 Å². The number of morpholine rings is 1. The fourth-order valence-corrected chi connectivity index (χ4v) is 3.21. The Labute approximate surface area is 108 Å². The minimum absolute atomic E-state index is 0.315. The predicted octanol–water partition coefficient (Wildman–Crippen LogP) is -0.328. The van der Waals surface area contributed by atoms with Gasteiger partial charge in [-0.2, -0.15) is 0 Å². The Morgan fingerprint density at radius 2 is 1.83 bits per heavy atom. The smallest absolute Gasteiger partial charge is 0.223 e. The second-order valence-corrected chi connectivity index (χ2v) is 5.60. The molecule has 5 heteroatoms. The topological polar surface area (TPSA) is 44.8 Å². The van der Waals surface area contributed by atoms with Gasteiger partial charge in [0.2, 0.25) is 5.91 Å². The van der Waals surface area contributed by atoms with E-state index < -0.39 is 0 Å². The van der Waals surface area contributed by atoms with Gasteiger partial charge in [0, 0.05) is 52.2 Å². The maximum absolute atomic E-state index is 12.1. The second-order valence-electron chi connectivity index (χ2n) is 5.60. The normalized spacial score (nSPS) is 32.8. The molecule has 0 aromatic heterocycles. The molecule has 3 rings (SSSR count). The number of fused-ring (bicyclic) bond motifs is 2. The average molecular weight is 253 g/mol. The first kappa shape index (κ1) is 12.4. The summed E-state index contributed by atoms with van der Waals surface area (Å²) < 4.78 is 5.81. The predicted molar refractivity (Wildman–Crippen MR) is 68.4 cm³/mol. The number of piperazine rings is 1. The van der Waals surface area contributed by atoms with E-state index in [9.17, 15) is 4.79 Å². The Morgan fingerprint density at radius 1 is 1.17 bits per heavy atom. The molecule has 0 aliphatic carbocycles. The molecule has 3 aliphatic rings. The molecule has 2 bridgehead atoms. The van der Waals surface area contributed by atoms with Gasteiger partial charge in [-0.3, -0.25) is 9.69 Å². The van der Waals surface area contributed by atoms with Gasteiger partial charge in [0.05, 0.1) is 12.2 Å². The molecule has 3 heterocycles. The molecule has 0 aromatic carbocycles. The number of rotatable bonds is 3. The van der Waals surface area contributed by atoms with Gasteiger partial charge in [-0.1, -0.05) is 0 Å². The van der Waals surface area contributed by atoms with Gasteiger partial charge in [0.25, 0.3) is 0 Å². The third-order valence-corrected chi connectivity index (χ3v) is 4.23. The molecular weight excluding hydrogens is 230 g/mol. The summed E-state index contributed by atoms with van der Waals surface area (Å²) in [5.74, 6) is 0.315. The maximum Gasteiger partial charge on any atom is 0.223 e. The van der Waals surface area contributed by atoms with Crippen LogP contribution in [-0.4, -0.2) is 73.7 Å². The van der Waals surface area contributed by atoms with Gasteiger partial charge in [0.15, 0.2) is 0 Å². The van der Waals surface area contributed by atoms with Crippen LogP contribution in [0, 0.1) is 0 Å². The molecule has 5 nitrogen and oxygen atoms in total. The van der Waals surface area contributed by atoms with Crippen LogP contribution in [0.4, 0.5) is 0 Å². The summed E-state index contributed by atoms with van der Waals surface area (Å²) in [5, 5.41) is 3.27. The van der Waals surface area contributed by atoms with Crippen LogP contribution in [-0.2, 0) is 9.53 Å². The number of nitrogens with one attached hydrogen (secondary N) is 1. The molecule has 102 valence electrons. The number of carbonyl (C=O) groups excluding carboxylic acids is 1. The first-order valence-electron chi connectivity index (χ1n) is 7.17. The zero-order valence-electron chi connectivity index (χ0n) is 10.9. The van der Waals surface area contributed by atoms with Gasteiger partial charge in [-0.15, -0.1) is 0 Å². The van der Waals surface area contributed by atoms with Crippen molar-refractivity contribution in [2.45, 2.75) is 31.5 Å². The zero-order chi connectivity index (χ0) is 12.4. The molecule has 1 N–H and O–H groups in total. The Kier molecular flexibility index (Phi) is 3.82. The molecule has 3 aliphatic heterocycles. The highest BCUT2D eigenvalue weighted by molar-refractivity contribution is 5.76. The molecule has 0 spiro atoms. The third kappa shape index (κ3) is 2.84. The maximum atomic E-state index is 12.1. The molecular formula is C13H23N3O2. The van der Waals surface area contributed by atoms with Crippen LogP contribution in [0.1, 0.15) is 19.3 Å². The van der Waals surface area contributed by atoms with Crippen molar-refractivity contribution in [3.63, 3.8) is 0 Å². The SMILES string of the molecule is O=C(CCN1CC2CCC(C1)O2)N1CCNCC1. The monoisotopic (exact) mass is 253 g/mol. The van der Waals surface area contributed by atoms with E-state index in [1.165, 1.54) is 12.8 Å². The summed E-state index contributed by atoms with van der Waals surface area (Å²) >= 11 is 0. The van der Waals surface area contributed by atoms with Gasteiger partial charge in [-0.05, 0) is 12.8 Å². The van der Waals surface area contributed by atoms with E-state index in [-0.39, 0.29) is 0 Å². The van der Waals surface area contributed by atoms with E-state index in [1.54, 1.807) is 0 Å². The van der Waals surface area contributed by atoms with Crippen LogP contribution in [0.2, 0.25) is 0 Å². The largest absolute Gasteiger partial charge is 0.372 e. The molecule has 3 fully saturated rings. The third-order valence-electron chi connectivity index (χ3n) is 4.23. The quantitative estimate of drug-likeness (QED) is 0.748. The summed E-state index contributed by atoms with van der Waals surface area (Å²) in [5.41, 5.74) is 0. The first-order chi connectivity index (χ1) is 8.81. The zero-order valence-corrected chi connectivity index (χ0v) is 10.9. The number of ether oxygens (including phenoxy) is 1. The van der Waals surface area contributed by atoms with Crippen LogP contribution >= 0.6 is 0 Å². The number of amides is 1. The summed E-state index contributed by atoms with van der Waals surface area (Å²) in [6, 6.07) is 0. The van der Waals surface area contributed by atoms with E-state index in [1.807, 2.05) is 4.90 Å². The van der Waals surface area contributed by atoms with Crippen LogP contribution in [0.25, 0.3) is 0 Å². The lowest BCUT2D eigenvalue weighted by atomic mass is 10.2. The molecule has 1 amide bonds. The minimum Gasteiger partial charge on any atom is -0.372 e. The Morgan fingerprint density at radius 3 is 2.50 bits per heavy atom. The van der Waals surface area contributed by atoms with E-state index in [0.29, 0.717) is 24.5 Å². The van der Waals surface area contributed by atoms with Crippen LogP contribution < -0.4 is 5.32 Å². The van der Waals surface area contributed by atoms with Gasteiger partial charge < -0.3 is 15.0 Å². The van der Waals surface area contributed by atoms with Crippen LogP contribution in [0.15, 0.2) is 0 Å². The standard InChI is InChI=1S/C13H23N3O2/c17-13(16-7-4-14-5-8-16)3-6-15-9-11-1-2-12(10-15)18-11/h11-12,14H,1-10H2. The van der Waals surface area contributed by atoms with E-state index >= 15 is 0 Å². The van der Waals surface area contributed by atoms with Crippen molar-refractivity contribution in [3.05, 3.63) is 0 Å². The van der Waals surface area contributed by atoms with E-state index in [0.717, 1.165) is 45.8 Å². The highest BCUT2D eigenvalue weighted by Gasteiger charge is 2.33. The average Bonchev–Trinajstić information content (AvgIpc) is 2.76. The number of hydrogen-bond acceptors (Lipinski definition) is 4. The van der Waals surface area contributed by atoms with Crippen molar-refractivity contribution >= 4 is 5.91 Å². The number of likely N-dealkylation sites (tertiary alicyclic amines) is 1. The molecule has 3 saturated heterocycles. The highest BCUT2D eigenvalue weighted by atomic mass is 16.5. The van der Waals surface area contributed by atoms with E-state index in [2.05, 4.69) is 10.2 Å². The van der Waals surface area contributed by atoms with Crippen molar-refractivity contribution in [3.8, 4) is 0 Å². The van der Waals surface area contributed by atoms with Gasteiger partial charge in [-0.25, -0.2) is 0 Å². The summed E-state index contributed by atoms with van der Waals surface area (Å²) in [6.45, 7) is 6.55. The van der Waals surface area contributed by atoms with Crippen LogP contribution in [0.5, 0.6) is 0 Å². The fraction of sp³-hybridized carbons (Fsp3) is 0.923. The van der Waals surface area contributed by atoms with Crippen molar-refractivity contribution in [1.29, 1.82) is 0 Å². The molecule has 0 radical (unpaired) electrons. The van der Waals surface area contributed by atoms with Crippen molar-refractivity contribution in [1.82, 2.24) is 15.1 Å². The molecule has 0 aromatic rings. The van der Waals surface area contributed by atoms with E-state index in [4.69, 9.17) is 4.74 Å². The second kappa shape index (κ2) is 5.55. The summed E-state index contributed by atoms with van der Waals surface area (Å²) in [6.07, 6.45) is 3.93. The molecule has 2 atom stereocenters. The lowest BCUT2D eigenvalue weighted by Crippen LogP contribution is -2.48. The lowest BCUT2D eigenvalue weighted by Gasteiger charge is -2.33. The number of hydrogen-bond donors (Lipinski definition) is 1. The molecule has 0 saturated carbocycles. The molecule has 18 heavy (non-hydrogen) atoms. The number of carbonyl (C=O) groups is 1. The fourth-order valence-electron chi connectivity index (χ4n) is 3.21. The highest BCUT2D eigenvalue weighted by Crippen LogP contribution is 2.26. The first-order valence-corrected chi connectivity index (χ1v) is 7.17. The van der Waals surface area contributed by atoms with Gasteiger partial charge >= 0.3 is 0 Å². The molecule has 2 unspecified atom stereocenters. The Hall–Kier alpha value is -0.650. The van der Waals surface area contributed by atoms with Crippen molar-refractivity contribution in [2.24, 2.45) is 0 Å². The number of nitrogens with zero attached hydrogens (tertiary/aromatic N) is 2. The lowest BCUT2D eigenvalue weighted by molar-refractivity contribution is -0.132.